The first-order chi connectivity index (χ1) is 9.58. The van der Waals surface area contributed by atoms with Crippen LogP contribution in [0.25, 0.3) is 0 Å². The summed E-state index contributed by atoms with van der Waals surface area (Å²) in [6, 6.07) is 7.60. The normalized spacial score (nSPS) is 22.8. The molecule has 0 radical (unpaired) electrons. The summed E-state index contributed by atoms with van der Waals surface area (Å²) < 4.78 is 5.53. The third-order valence-electron chi connectivity index (χ3n) is 3.46. The highest BCUT2D eigenvalue weighted by molar-refractivity contribution is 5.76. The molecule has 3 N–H and O–H groups in total. The second-order valence-corrected chi connectivity index (χ2v) is 5.30. The lowest BCUT2D eigenvalue weighted by Crippen LogP contribution is -2.50. The van der Waals surface area contributed by atoms with Gasteiger partial charge < -0.3 is 20.5 Å². The van der Waals surface area contributed by atoms with Gasteiger partial charge in [-0.1, -0.05) is 12.1 Å². The number of nitrogens with two attached hydrogens (primary N) is 1. The number of hydrogen-bond donors (Lipinski definition) is 2. The van der Waals surface area contributed by atoms with Crippen LogP contribution in [0.5, 0.6) is 0 Å². The van der Waals surface area contributed by atoms with E-state index in [4.69, 9.17) is 15.6 Å². The van der Waals surface area contributed by atoms with Crippen molar-refractivity contribution in [3.63, 3.8) is 0 Å². The Morgan fingerprint density at radius 3 is 3.00 bits per heavy atom. The van der Waals surface area contributed by atoms with E-state index in [0.29, 0.717) is 25.9 Å². The molecule has 2 rings (SSSR count). The van der Waals surface area contributed by atoms with Crippen molar-refractivity contribution in [2.45, 2.75) is 32.0 Å². The monoisotopic (exact) mass is 278 g/mol. The number of hydrogen-bond acceptors (Lipinski definition) is 4. The third-order valence-corrected chi connectivity index (χ3v) is 3.46. The first kappa shape index (κ1) is 14.8. The molecule has 0 saturated carbocycles. The van der Waals surface area contributed by atoms with Crippen LogP contribution in [0.15, 0.2) is 24.3 Å². The molecule has 2 atom stereocenters. The van der Waals surface area contributed by atoms with Gasteiger partial charge in [0, 0.05) is 25.2 Å². The Balaban J connectivity index is 1.88. The quantitative estimate of drug-likeness (QED) is 0.799. The second-order valence-electron chi connectivity index (χ2n) is 5.30. The molecule has 2 unspecified atom stereocenters. The molecule has 1 fully saturated rings. The first-order valence-electron chi connectivity index (χ1n) is 6.97. The van der Waals surface area contributed by atoms with E-state index < -0.39 is 0 Å². The highest BCUT2D eigenvalue weighted by Crippen LogP contribution is 2.14. The van der Waals surface area contributed by atoms with Crippen molar-refractivity contribution in [2.75, 3.05) is 25.4 Å². The average Bonchev–Trinajstić information content (AvgIpc) is 2.44. The lowest BCUT2D eigenvalue weighted by Gasteiger charge is -2.36. The van der Waals surface area contributed by atoms with Crippen LogP contribution in [-0.4, -0.2) is 47.8 Å². The zero-order valence-corrected chi connectivity index (χ0v) is 11.8. The molecule has 5 nitrogen and oxygen atoms in total. The van der Waals surface area contributed by atoms with Crippen LogP contribution in [0.1, 0.15) is 18.9 Å². The maximum Gasteiger partial charge on any atom is 0.223 e. The zero-order chi connectivity index (χ0) is 14.5. The number of ether oxygens (including phenoxy) is 1. The van der Waals surface area contributed by atoms with Gasteiger partial charge in [-0.05, 0) is 31.0 Å². The van der Waals surface area contributed by atoms with Gasteiger partial charge in [-0.15, -0.1) is 0 Å². The van der Waals surface area contributed by atoms with Crippen molar-refractivity contribution in [3.05, 3.63) is 29.8 Å². The molecule has 1 amide bonds. The molecule has 110 valence electrons. The summed E-state index contributed by atoms with van der Waals surface area (Å²) in [6.45, 7) is 2.92. The molecule has 5 heteroatoms. The smallest absolute Gasteiger partial charge is 0.223 e. The van der Waals surface area contributed by atoms with E-state index in [-0.39, 0.29) is 24.7 Å². The fourth-order valence-electron chi connectivity index (χ4n) is 2.51. The molecule has 1 aliphatic heterocycles. The summed E-state index contributed by atoms with van der Waals surface area (Å²) in [6.07, 6.45) is 0.834. The van der Waals surface area contributed by atoms with Crippen molar-refractivity contribution < 1.29 is 14.6 Å². The molecule has 1 saturated heterocycles. The maximum atomic E-state index is 12.2. The predicted molar refractivity (Wildman–Crippen MR) is 77.2 cm³/mol. The van der Waals surface area contributed by atoms with Crippen LogP contribution >= 0.6 is 0 Å². The first-order valence-corrected chi connectivity index (χ1v) is 6.97. The number of nitrogens with zero attached hydrogens (tertiary/aromatic N) is 1. The van der Waals surface area contributed by atoms with Gasteiger partial charge in [0.05, 0.1) is 18.8 Å². The fraction of sp³-hybridized carbons (Fsp3) is 0.533. The molecule has 1 aromatic carbocycles. The van der Waals surface area contributed by atoms with Crippen molar-refractivity contribution in [2.24, 2.45) is 0 Å². The molecule has 1 aliphatic rings. The lowest BCUT2D eigenvalue weighted by molar-refractivity contribution is -0.147. The van der Waals surface area contributed by atoms with Gasteiger partial charge in [-0.3, -0.25) is 4.79 Å². The Bertz CT molecular complexity index is 464. The van der Waals surface area contributed by atoms with E-state index in [1.165, 1.54) is 0 Å². The van der Waals surface area contributed by atoms with Gasteiger partial charge in [0.25, 0.3) is 0 Å². The Kier molecular flexibility index (Phi) is 4.98. The van der Waals surface area contributed by atoms with Crippen LogP contribution in [0, 0.1) is 0 Å². The number of nitrogen functional groups attached to an aromatic ring is 1. The SMILES string of the molecule is CC1CN(C(=O)CCc2cccc(N)c2)CC(CO)O1. The summed E-state index contributed by atoms with van der Waals surface area (Å²) in [5.41, 5.74) is 7.51. The number of aryl methyl sites for hydroxylation is 1. The zero-order valence-electron chi connectivity index (χ0n) is 11.8. The second kappa shape index (κ2) is 6.72. The van der Waals surface area contributed by atoms with Crippen LogP contribution in [0.2, 0.25) is 0 Å². The summed E-state index contributed by atoms with van der Waals surface area (Å²) in [5.74, 6) is 0.0982. The van der Waals surface area contributed by atoms with E-state index in [1.807, 2.05) is 31.2 Å². The number of amides is 1. The fourth-order valence-corrected chi connectivity index (χ4v) is 2.51. The molecule has 0 bridgehead atoms. The number of anilines is 1. The van der Waals surface area contributed by atoms with E-state index in [9.17, 15) is 4.79 Å². The summed E-state index contributed by atoms with van der Waals surface area (Å²) in [5, 5.41) is 9.17. The lowest BCUT2D eigenvalue weighted by atomic mass is 10.1. The Labute approximate surface area is 119 Å². The van der Waals surface area contributed by atoms with E-state index in [2.05, 4.69) is 0 Å². The van der Waals surface area contributed by atoms with Crippen LogP contribution in [0.3, 0.4) is 0 Å². The van der Waals surface area contributed by atoms with Crippen molar-refractivity contribution in [1.82, 2.24) is 4.90 Å². The number of morpholine rings is 1. The largest absolute Gasteiger partial charge is 0.399 e. The number of aliphatic hydroxyl groups excluding tert-OH is 1. The average molecular weight is 278 g/mol. The topological polar surface area (TPSA) is 75.8 Å². The van der Waals surface area contributed by atoms with Gasteiger partial charge in [0.2, 0.25) is 5.91 Å². The summed E-state index contributed by atoms with van der Waals surface area (Å²) in [7, 11) is 0. The molecule has 0 spiro atoms. The molecule has 0 aliphatic carbocycles. The van der Waals surface area contributed by atoms with E-state index in [0.717, 1.165) is 11.3 Å². The van der Waals surface area contributed by atoms with Crippen LogP contribution < -0.4 is 5.73 Å². The molecule has 0 aromatic heterocycles. The summed E-state index contributed by atoms with van der Waals surface area (Å²) >= 11 is 0. The van der Waals surface area contributed by atoms with E-state index in [1.54, 1.807) is 4.90 Å². The molecule has 20 heavy (non-hydrogen) atoms. The van der Waals surface area contributed by atoms with Crippen LogP contribution in [0.4, 0.5) is 5.69 Å². The highest BCUT2D eigenvalue weighted by atomic mass is 16.5. The maximum absolute atomic E-state index is 12.2. The molecule has 1 heterocycles. The molecular weight excluding hydrogens is 256 g/mol. The third kappa shape index (κ3) is 3.95. The van der Waals surface area contributed by atoms with Crippen molar-refractivity contribution >= 4 is 11.6 Å². The number of carbonyl (C=O) groups is 1. The Hall–Kier alpha value is -1.59. The number of carbonyl (C=O) groups excluding carboxylic acids is 1. The van der Waals surface area contributed by atoms with Gasteiger partial charge in [0.15, 0.2) is 0 Å². The molecular formula is C15H22N2O3. The van der Waals surface area contributed by atoms with Gasteiger partial charge in [-0.25, -0.2) is 0 Å². The van der Waals surface area contributed by atoms with Crippen LogP contribution in [-0.2, 0) is 16.0 Å². The highest BCUT2D eigenvalue weighted by Gasteiger charge is 2.27. The van der Waals surface area contributed by atoms with Gasteiger partial charge >= 0.3 is 0 Å². The number of benzene rings is 1. The number of rotatable bonds is 4. The van der Waals surface area contributed by atoms with Crippen molar-refractivity contribution in [1.29, 1.82) is 0 Å². The van der Waals surface area contributed by atoms with Gasteiger partial charge in [-0.2, -0.15) is 0 Å². The summed E-state index contributed by atoms with van der Waals surface area (Å²) in [4.78, 5) is 14.0. The minimum Gasteiger partial charge on any atom is -0.399 e. The minimum atomic E-state index is -0.268. The van der Waals surface area contributed by atoms with Gasteiger partial charge in [0.1, 0.15) is 0 Å². The Morgan fingerprint density at radius 2 is 2.30 bits per heavy atom. The predicted octanol–water partition coefficient (Wildman–Crippen LogP) is 0.810. The van der Waals surface area contributed by atoms with E-state index >= 15 is 0 Å². The standard InChI is InChI=1S/C15H22N2O3/c1-11-8-17(9-14(10-18)20-11)15(19)6-5-12-3-2-4-13(16)7-12/h2-4,7,11,14,18H,5-6,8-10,16H2,1H3. The Morgan fingerprint density at radius 1 is 1.50 bits per heavy atom. The molecule has 1 aromatic rings. The number of aliphatic hydroxyl groups is 1. The van der Waals surface area contributed by atoms with Crippen molar-refractivity contribution in [3.8, 4) is 0 Å². The minimum absolute atomic E-state index is 0.0304.